The Hall–Kier alpha value is -2.14. The zero-order chi connectivity index (χ0) is 16.4. The molecule has 0 aliphatic carbocycles. The van der Waals surface area contributed by atoms with E-state index in [0.29, 0.717) is 19.6 Å². The molecule has 1 atom stereocenters. The molecule has 2 aromatic rings. The van der Waals surface area contributed by atoms with Gasteiger partial charge in [-0.25, -0.2) is 0 Å². The summed E-state index contributed by atoms with van der Waals surface area (Å²) in [4.78, 5) is 29.3. The third-order valence-corrected chi connectivity index (χ3v) is 5.33. The third kappa shape index (κ3) is 3.15. The summed E-state index contributed by atoms with van der Waals surface area (Å²) in [5.74, 6) is 0.125. The van der Waals surface area contributed by atoms with E-state index in [1.807, 2.05) is 58.5 Å². The van der Waals surface area contributed by atoms with Crippen LogP contribution in [0.1, 0.15) is 33.8 Å². The Morgan fingerprint density at radius 1 is 1.13 bits per heavy atom. The number of carbonyl (C=O) groups is 2. The topological polar surface area (TPSA) is 40.6 Å². The highest BCUT2D eigenvalue weighted by Crippen LogP contribution is 2.29. The summed E-state index contributed by atoms with van der Waals surface area (Å²) in [5, 5.41) is 1.95. The molecule has 0 unspecified atom stereocenters. The summed E-state index contributed by atoms with van der Waals surface area (Å²) >= 11 is 1.48. The minimum absolute atomic E-state index is 0.0605. The molecule has 0 radical (unpaired) electrons. The van der Waals surface area contributed by atoms with Gasteiger partial charge in [0.05, 0.1) is 10.9 Å². The highest BCUT2D eigenvalue weighted by molar-refractivity contribution is 7.12. The fourth-order valence-electron chi connectivity index (χ4n) is 2.99. The normalized spacial score (nSPS) is 18.1. The van der Waals surface area contributed by atoms with Crippen molar-refractivity contribution in [1.82, 2.24) is 9.80 Å². The second kappa shape index (κ2) is 6.54. The van der Waals surface area contributed by atoms with Crippen LogP contribution in [0, 0.1) is 6.92 Å². The van der Waals surface area contributed by atoms with Crippen molar-refractivity contribution in [3.8, 4) is 0 Å². The van der Waals surface area contributed by atoms with Crippen molar-refractivity contribution in [2.75, 3.05) is 19.6 Å². The van der Waals surface area contributed by atoms with Crippen LogP contribution in [0.2, 0.25) is 0 Å². The molecule has 120 valence electrons. The molecule has 1 saturated heterocycles. The number of rotatable bonds is 2. The fourth-order valence-corrected chi connectivity index (χ4v) is 3.88. The van der Waals surface area contributed by atoms with E-state index in [-0.39, 0.29) is 17.9 Å². The van der Waals surface area contributed by atoms with Gasteiger partial charge in [-0.3, -0.25) is 9.59 Å². The van der Waals surface area contributed by atoms with Gasteiger partial charge in [-0.15, -0.1) is 11.3 Å². The predicted molar refractivity (Wildman–Crippen MR) is 91.5 cm³/mol. The van der Waals surface area contributed by atoms with Gasteiger partial charge in [-0.05, 0) is 29.5 Å². The van der Waals surface area contributed by atoms with E-state index in [2.05, 4.69) is 0 Å². The maximum absolute atomic E-state index is 13.0. The van der Waals surface area contributed by atoms with Gasteiger partial charge in [-0.1, -0.05) is 30.3 Å². The number of carbonyl (C=O) groups excluding carboxylic acids is 2. The van der Waals surface area contributed by atoms with Crippen molar-refractivity contribution >= 4 is 23.2 Å². The number of amides is 2. The number of piperazine rings is 1. The van der Waals surface area contributed by atoms with Crippen molar-refractivity contribution in [1.29, 1.82) is 0 Å². The predicted octanol–water partition coefficient (Wildman–Crippen LogP) is 3.10. The number of aryl methyl sites for hydroxylation is 1. The summed E-state index contributed by atoms with van der Waals surface area (Å²) < 4.78 is 0. The molecule has 1 aliphatic rings. The first-order valence-corrected chi connectivity index (χ1v) is 8.61. The third-order valence-electron chi connectivity index (χ3n) is 4.33. The zero-order valence-corrected chi connectivity index (χ0v) is 14.2. The minimum atomic E-state index is -0.0946. The Bertz CT molecular complexity index is 711. The summed E-state index contributed by atoms with van der Waals surface area (Å²) in [5.41, 5.74) is 2.09. The number of hydrogen-bond acceptors (Lipinski definition) is 3. The van der Waals surface area contributed by atoms with E-state index in [0.717, 1.165) is 16.0 Å². The first kappa shape index (κ1) is 15.7. The number of thiophene rings is 1. The van der Waals surface area contributed by atoms with Crippen LogP contribution in [0.3, 0.4) is 0 Å². The molecular weight excluding hydrogens is 308 g/mol. The average molecular weight is 328 g/mol. The average Bonchev–Trinajstić information content (AvgIpc) is 3.00. The molecule has 1 aromatic carbocycles. The summed E-state index contributed by atoms with van der Waals surface area (Å²) in [6.45, 7) is 5.26. The lowest BCUT2D eigenvalue weighted by Gasteiger charge is -2.41. The van der Waals surface area contributed by atoms with E-state index in [4.69, 9.17) is 0 Å². The Morgan fingerprint density at radius 2 is 1.87 bits per heavy atom. The van der Waals surface area contributed by atoms with E-state index in [1.54, 1.807) is 6.92 Å². The van der Waals surface area contributed by atoms with Gasteiger partial charge in [-0.2, -0.15) is 0 Å². The number of hydrogen-bond donors (Lipinski definition) is 0. The first-order valence-electron chi connectivity index (χ1n) is 7.73. The van der Waals surface area contributed by atoms with Crippen molar-refractivity contribution in [2.24, 2.45) is 0 Å². The number of benzene rings is 1. The van der Waals surface area contributed by atoms with Crippen molar-refractivity contribution in [2.45, 2.75) is 19.9 Å². The van der Waals surface area contributed by atoms with Crippen LogP contribution < -0.4 is 0 Å². The van der Waals surface area contributed by atoms with Crippen LogP contribution in [0.15, 0.2) is 41.8 Å². The van der Waals surface area contributed by atoms with Gasteiger partial charge in [0.1, 0.15) is 0 Å². The standard InChI is InChI=1S/C18H20N2O2S/c1-13-8-11-23-17(13)18(22)20-10-9-19(14(2)21)12-16(20)15-6-4-3-5-7-15/h3-8,11,16H,9-10,12H2,1-2H3/t16-/m1/s1. The molecule has 5 heteroatoms. The Labute approximate surface area is 140 Å². The van der Waals surface area contributed by atoms with Gasteiger partial charge >= 0.3 is 0 Å². The Morgan fingerprint density at radius 3 is 2.48 bits per heavy atom. The molecule has 1 aromatic heterocycles. The van der Waals surface area contributed by atoms with Crippen LogP contribution in [0.4, 0.5) is 0 Å². The lowest BCUT2D eigenvalue weighted by Crippen LogP contribution is -2.51. The van der Waals surface area contributed by atoms with Crippen molar-refractivity contribution in [3.05, 3.63) is 57.8 Å². The van der Waals surface area contributed by atoms with E-state index in [1.165, 1.54) is 11.3 Å². The lowest BCUT2D eigenvalue weighted by molar-refractivity contribution is -0.131. The minimum Gasteiger partial charge on any atom is -0.339 e. The van der Waals surface area contributed by atoms with E-state index >= 15 is 0 Å². The summed E-state index contributed by atoms with van der Waals surface area (Å²) in [6.07, 6.45) is 0. The molecule has 0 saturated carbocycles. The van der Waals surface area contributed by atoms with Crippen LogP contribution >= 0.6 is 11.3 Å². The smallest absolute Gasteiger partial charge is 0.264 e. The molecule has 1 aliphatic heterocycles. The molecule has 0 bridgehead atoms. The SMILES string of the molecule is CC(=O)N1CCN(C(=O)c2sccc2C)[C@@H](c2ccccc2)C1. The molecule has 23 heavy (non-hydrogen) atoms. The number of nitrogens with zero attached hydrogens (tertiary/aromatic N) is 2. The lowest BCUT2D eigenvalue weighted by atomic mass is 10.0. The van der Waals surface area contributed by atoms with Gasteiger partial charge in [0.2, 0.25) is 5.91 Å². The van der Waals surface area contributed by atoms with Crippen molar-refractivity contribution in [3.63, 3.8) is 0 Å². The van der Waals surface area contributed by atoms with Crippen LogP contribution in [-0.2, 0) is 4.79 Å². The Balaban J connectivity index is 1.92. The quantitative estimate of drug-likeness (QED) is 0.850. The van der Waals surface area contributed by atoms with Gasteiger partial charge < -0.3 is 9.80 Å². The molecule has 1 fully saturated rings. The van der Waals surface area contributed by atoms with Gasteiger partial charge in [0.15, 0.2) is 0 Å². The monoisotopic (exact) mass is 328 g/mol. The van der Waals surface area contributed by atoms with Crippen LogP contribution in [0.5, 0.6) is 0 Å². The Kier molecular flexibility index (Phi) is 4.48. The molecule has 0 N–H and O–H groups in total. The second-order valence-corrected chi connectivity index (χ2v) is 6.74. The molecular formula is C18H20N2O2S. The zero-order valence-electron chi connectivity index (χ0n) is 13.4. The largest absolute Gasteiger partial charge is 0.339 e. The highest BCUT2D eigenvalue weighted by atomic mass is 32.1. The van der Waals surface area contributed by atoms with Crippen molar-refractivity contribution < 1.29 is 9.59 Å². The van der Waals surface area contributed by atoms with Gasteiger partial charge in [0.25, 0.3) is 5.91 Å². The second-order valence-electron chi connectivity index (χ2n) is 5.82. The molecule has 0 spiro atoms. The van der Waals surface area contributed by atoms with E-state index < -0.39 is 0 Å². The summed E-state index contributed by atoms with van der Waals surface area (Å²) in [6, 6.07) is 11.8. The van der Waals surface area contributed by atoms with Crippen LogP contribution in [0.25, 0.3) is 0 Å². The maximum Gasteiger partial charge on any atom is 0.264 e. The van der Waals surface area contributed by atoms with E-state index in [9.17, 15) is 9.59 Å². The van der Waals surface area contributed by atoms with Crippen LogP contribution in [-0.4, -0.2) is 41.2 Å². The fraction of sp³-hybridized carbons (Fsp3) is 0.333. The molecule has 2 heterocycles. The molecule has 4 nitrogen and oxygen atoms in total. The van der Waals surface area contributed by atoms with Gasteiger partial charge in [0, 0.05) is 26.6 Å². The molecule has 3 rings (SSSR count). The molecule has 2 amide bonds. The summed E-state index contributed by atoms with van der Waals surface area (Å²) in [7, 11) is 0. The first-order chi connectivity index (χ1) is 11.1. The highest BCUT2D eigenvalue weighted by Gasteiger charge is 2.33. The maximum atomic E-state index is 13.0.